The molecule has 0 radical (unpaired) electrons. The first kappa shape index (κ1) is 24.6. The minimum atomic E-state index is -3.06. The highest BCUT2D eigenvalue weighted by Gasteiger charge is 2.40. The van der Waals surface area contributed by atoms with E-state index in [9.17, 15) is 8.42 Å². The molecule has 0 aliphatic carbocycles. The molecular weight excluding hydrogens is 519 g/mol. The Morgan fingerprint density at radius 2 is 1.83 bits per heavy atom. The van der Waals surface area contributed by atoms with Crippen LogP contribution in [-0.2, 0) is 16.4 Å². The topological polar surface area (TPSA) is 65.0 Å². The number of benzene rings is 1. The van der Waals surface area contributed by atoms with Crippen molar-refractivity contribution in [2.45, 2.75) is 32.1 Å². The Morgan fingerprint density at radius 3 is 2.41 bits per heavy atom. The lowest BCUT2D eigenvalue weighted by molar-refractivity contribution is 0.353. The fourth-order valence-electron chi connectivity index (χ4n) is 3.55. The zero-order chi connectivity index (χ0) is 20.2. The molecule has 0 bridgehead atoms. The van der Waals surface area contributed by atoms with Crippen molar-refractivity contribution in [1.29, 1.82) is 0 Å². The third-order valence-electron chi connectivity index (χ3n) is 5.40. The second-order valence-electron chi connectivity index (χ2n) is 7.94. The van der Waals surface area contributed by atoms with Crippen LogP contribution in [0.3, 0.4) is 0 Å². The molecule has 0 aromatic heterocycles. The van der Waals surface area contributed by atoms with Crippen molar-refractivity contribution in [2.24, 2.45) is 4.99 Å². The normalized spacial score (nSPS) is 21.4. The van der Waals surface area contributed by atoms with Gasteiger partial charge in [-0.05, 0) is 38.5 Å². The quantitative estimate of drug-likeness (QED) is 0.352. The van der Waals surface area contributed by atoms with Gasteiger partial charge in [-0.15, -0.1) is 24.0 Å². The molecule has 2 aliphatic heterocycles. The van der Waals surface area contributed by atoms with Gasteiger partial charge < -0.3 is 15.1 Å². The molecular formula is C20H33IN4O2S2. The van der Waals surface area contributed by atoms with Crippen molar-refractivity contribution in [3.8, 4) is 0 Å². The zero-order valence-electron chi connectivity index (χ0n) is 17.6. The largest absolute Gasteiger partial charge is 0.370 e. The highest BCUT2D eigenvalue weighted by molar-refractivity contribution is 14.0. The molecule has 2 aliphatic rings. The second-order valence-corrected chi connectivity index (χ2v) is 11.9. The van der Waals surface area contributed by atoms with Crippen LogP contribution in [-0.4, -0.2) is 74.0 Å². The minimum absolute atomic E-state index is 0. The van der Waals surface area contributed by atoms with E-state index in [-0.39, 0.29) is 29.7 Å². The summed E-state index contributed by atoms with van der Waals surface area (Å²) in [6.07, 6.45) is 0. The minimum Gasteiger partial charge on any atom is -0.370 e. The van der Waals surface area contributed by atoms with E-state index in [4.69, 9.17) is 4.99 Å². The summed E-state index contributed by atoms with van der Waals surface area (Å²) in [6, 6.07) is 8.66. The summed E-state index contributed by atoms with van der Waals surface area (Å²) in [5.41, 5.74) is 2.44. The summed E-state index contributed by atoms with van der Waals surface area (Å²) in [4.78, 5) is 9.29. The molecule has 0 unspecified atom stereocenters. The first-order valence-corrected chi connectivity index (χ1v) is 12.8. The van der Waals surface area contributed by atoms with Crippen LogP contribution in [0.15, 0.2) is 29.3 Å². The Kier molecular flexibility index (Phi) is 8.96. The van der Waals surface area contributed by atoms with Gasteiger partial charge in [-0.2, -0.15) is 11.8 Å². The van der Waals surface area contributed by atoms with Crippen LogP contribution in [0.1, 0.15) is 26.3 Å². The standard InChI is InChI=1S/C20H32N4O2S2.HI/c1-4-21-19(24-11-14-28(25,26)20(2,3)16-24)22-15-17-5-7-18(8-6-17)23-9-12-27-13-10-23;/h5-8H,4,9-16H2,1-3H3,(H,21,22);1H. The van der Waals surface area contributed by atoms with Crippen LogP contribution in [0, 0.1) is 0 Å². The fourth-order valence-corrected chi connectivity index (χ4v) is 5.82. The number of thioether (sulfide) groups is 1. The molecule has 29 heavy (non-hydrogen) atoms. The monoisotopic (exact) mass is 552 g/mol. The van der Waals surface area contributed by atoms with Gasteiger partial charge in [0.15, 0.2) is 15.8 Å². The number of sulfone groups is 1. The van der Waals surface area contributed by atoms with Gasteiger partial charge >= 0.3 is 0 Å². The molecule has 2 saturated heterocycles. The molecule has 1 aromatic rings. The molecule has 0 atom stereocenters. The molecule has 2 fully saturated rings. The molecule has 0 amide bonds. The lowest BCUT2D eigenvalue weighted by atomic mass is 10.2. The van der Waals surface area contributed by atoms with Crippen molar-refractivity contribution < 1.29 is 8.42 Å². The van der Waals surface area contributed by atoms with E-state index < -0.39 is 14.6 Å². The van der Waals surface area contributed by atoms with Gasteiger partial charge in [0.1, 0.15) is 0 Å². The summed E-state index contributed by atoms with van der Waals surface area (Å²) in [5.74, 6) is 3.36. The first-order chi connectivity index (χ1) is 13.3. The predicted octanol–water partition coefficient (Wildman–Crippen LogP) is 2.83. The number of rotatable bonds is 4. The van der Waals surface area contributed by atoms with Crippen LogP contribution < -0.4 is 10.2 Å². The van der Waals surface area contributed by atoms with Crippen LogP contribution in [0.25, 0.3) is 0 Å². The average molecular weight is 553 g/mol. The van der Waals surface area contributed by atoms with E-state index in [1.165, 1.54) is 17.2 Å². The van der Waals surface area contributed by atoms with Gasteiger partial charge in [-0.25, -0.2) is 13.4 Å². The molecule has 1 N–H and O–H groups in total. The van der Waals surface area contributed by atoms with E-state index in [0.29, 0.717) is 19.6 Å². The van der Waals surface area contributed by atoms with Gasteiger partial charge in [0.05, 0.1) is 17.0 Å². The lowest BCUT2D eigenvalue weighted by Gasteiger charge is -2.39. The van der Waals surface area contributed by atoms with Crippen LogP contribution in [0.2, 0.25) is 0 Å². The Balaban J connectivity index is 0.00000300. The summed E-state index contributed by atoms with van der Waals surface area (Å²) >= 11 is 2.02. The smallest absolute Gasteiger partial charge is 0.194 e. The van der Waals surface area contributed by atoms with Gasteiger partial charge in [-0.1, -0.05) is 12.1 Å². The summed E-state index contributed by atoms with van der Waals surface area (Å²) in [6.45, 7) is 10.2. The Morgan fingerprint density at radius 1 is 1.17 bits per heavy atom. The fraction of sp³-hybridized carbons (Fsp3) is 0.650. The Hall–Kier alpha value is -0.680. The van der Waals surface area contributed by atoms with Crippen LogP contribution in [0.5, 0.6) is 0 Å². The number of halogens is 1. The first-order valence-electron chi connectivity index (χ1n) is 9.99. The SMILES string of the molecule is CCNC(=NCc1ccc(N2CCSCC2)cc1)N1CCS(=O)(=O)C(C)(C)C1.I. The van der Waals surface area contributed by atoms with Crippen molar-refractivity contribution in [3.05, 3.63) is 29.8 Å². The van der Waals surface area contributed by atoms with Crippen molar-refractivity contribution >= 4 is 57.2 Å². The third-order valence-corrected chi connectivity index (χ3v) is 8.88. The maximum absolute atomic E-state index is 12.3. The number of nitrogens with zero attached hydrogens (tertiary/aromatic N) is 3. The molecule has 0 spiro atoms. The maximum Gasteiger partial charge on any atom is 0.194 e. The Bertz CT molecular complexity index is 791. The van der Waals surface area contributed by atoms with Gasteiger partial charge in [-0.3, -0.25) is 0 Å². The third kappa shape index (κ3) is 6.16. The Labute approximate surface area is 196 Å². The molecule has 0 saturated carbocycles. The number of hydrogen-bond acceptors (Lipinski definition) is 5. The van der Waals surface area contributed by atoms with Crippen molar-refractivity contribution in [3.63, 3.8) is 0 Å². The van der Waals surface area contributed by atoms with Crippen LogP contribution >= 0.6 is 35.7 Å². The number of anilines is 1. The number of guanidine groups is 1. The average Bonchev–Trinajstić information content (AvgIpc) is 2.68. The van der Waals surface area contributed by atoms with E-state index in [1.54, 1.807) is 13.8 Å². The molecule has 3 rings (SSSR count). The highest BCUT2D eigenvalue weighted by Crippen LogP contribution is 2.24. The number of aliphatic imine (C=N–C) groups is 1. The van der Waals surface area contributed by atoms with E-state index in [2.05, 4.69) is 39.4 Å². The van der Waals surface area contributed by atoms with Gasteiger partial charge in [0, 0.05) is 49.9 Å². The lowest BCUT2D eigenvalue weighted by Crippen LogP contribution is -2.57. The molecule has 2 heterocycles. The summed E-state index contributed by atoms with van der Waals surface area (Å²) in [5, 5.41) is 3.32. The van der Waals surface area contributed by atoms with Crippen molar-refractivity contribution in [1.82, 2.24) is 10.2 Å². The van der Waals surface area contributed by atoms with E-state index in [0.717, 1.165) is 31.2 Å². The molecule has 6 nitrogen and oxygen atoms in total. The summed E-state index contributed by atoms with van der Waals surface area (Å²) < 4.78 is 23.8. The number of nitrogens with one attached hydrogen (secondary N) is 1. The summed E-state index contributed by atoms with van der Waals surface area (Å²) in [7, 11) is -3.06. The van der Waals surface area contributed by atoms with Crippen molar-refractivity contribution in [2.75, 3.05) is 54.9 Å². The van der Waals surface area contributed by atoms with Gasteiger partial charge in [0.25, 0.3) is 0 Å². The van der Waals surface area contributed by atoms with Crippen LogP contribution in [0.4, 0.5) is 5.69 Å². The predicted molar refractivity (Wildman–Crippen MR) is 136 cm³/mol. The molecule has 164 valence electrons. The maximum atomic E-state index is 12.3. The van der Waals surface area contributed by atoms with E-state index >= 15 is 0 Å². The molecule has 1 aromatic carbocycles. The number of hydrogen-bond donors (Lipinski definition) is 1. The van der Waals surface area contributed by atoms with Gasteiger partial charge in [0.2, 0.25) is 0 Å². The van der Waals surface area contributed by atoms with E-state index in [1.807, 2.05) is 18.7 Å². The second kappa shape index (κ2) is 10.6. The highest BCUT2D eigenvalue weighted by atomic mass is 127. The zero-order valence-corrected chi connectivity index (χ0v) is 21.5. The molecule has 9 heteroatoms.